The molecule has 0 aliphatic heterocycles. The normalized spacial score (nSPS) is 10.8. The van der Waals surface area contributed by atoms with Crippen LogP contribution in [0, 0.1) is 0 Å². The molecule has 19 heavy (non-hydrogen) atoms. The van der Waals surface area contributed by atoms with E-state index in [0.717, 1.165) is 5.33 Å². The van der Waals surface area contributed by atoms with Gasteiger partial charge in [-0.05, 0) is 24.0 Å². The average molecular weight is 317 g/mol. The van der Waals surface area contributed by atoms with Gasteiger partial charge in [0.1, 0.15) is 0 Å². The Morgan fingerprint density at radius 3 is 1.68 bits per heavy atom. The summed E-state index contributed by atoms with van der Waals surface area (Å²) in [6, 6.07) is 21.8. The second-order valence-corrected chi connectivity index (χ2v) is 5.71. The van der Waals surface area contributed by atoms with Gasteiger partial charge in [-0.15, -0.1) is 0 Å². The van der Waals surface area contributed by atoms with E-state index >= 15 is 0 Å². The highest BCUT2D eigenvalue weighted by Gasteiger charge is 2.12. The number of halogens is 1. The van der Waals surface area contributed by atoms with Crippen molar-refractivity contribution in [2.24, 2.45) is 0 Å². The standard InChI is InChI=1S/C18H21Br/c19-15-9-3-8-14-18(16-10-4-1-5-11-16)17-12-6-2-7-13-17/h1-2,4-7,10-13,18H,3,8-9,14-15H2. The summed E-state index contributed by atoms with van der Waals surface area (Å²) in [5.74, 6) is 0.540. The summed E-state index contributed by atoms with van der Waals surface area (Å²) in [5, 5.41) is 1.12. The molecule has 100 valence electrons. The average Bonchev–Trinajstić information content (AvgIpc) is 2.49. The van der Waals surface area contributed by atoms with Crippen molar-refractivity contribution in [1.82, 2.24) is 0 Å². The molecule has 0 heterocycles. The van der Waals surface area contributed by atoms with E-state index < -0.39 is 0 Å². The molecule has 2 rings (SSSR count). The number of hydrogen-bond acceptors (Lipinski definition) is 0. The number of benzene rings is 2. The predicted octanol–water partition coefficient (Wildman–Crippen LogP) is 5.77. The van der Waals surface area contributed by atoms with Gasteiger partial charge in [-0.25, -0.2) is 0 Å². The molecule has 0 aromatic heterocycles. The van der Waals surface area contributed by atoms with Gasteiger partial charge in [-0.3, -0.25) is 0 Å². The van der Waals surface area contributed by atoms with E-state index in [1.165, 1.54) is 36.8 Å². The fourth-order valence-electron chi connectivity index (χ4n) is 2.52. The van der Waals surface area contributed by atoms with Gasteiger partial charge in [-0.1, -0.05) is 89.4 Å². The van der Waals surface area contributed by atoms with E-state index in [9.17, 15) is 0 Å². The van der Waals surface area contributed by atoms with Crippen LogP contribution in [0.5, 0.6) is 0 Å². The molecule has 0 amide bonds. The molecule has 0 nitrogen and oxygen atoms in total. The van der Waals surface area contributed by atoms with Gasteiger partial charge in [0.2, 0.25) is 0 Å². The van der Waals surface area contributed by atoms with Crippen LogP contribution in [0.25, 0.3) is 0 Å². The molecule has 0 aliphatic rings. The van der Waals surface area contributed by atoms with Crippen LogP contribution in [0.4, 0.5) is 0 Å². The van der Waals surface area contributed by atoms with Crippen LogP contribution < -0.4 is 0 Å². The Labute approximate surface area is 125 Å². The van der Waals surface area contributed by atoms with Gasteiger partial charge >= 0.3 is 0 Å². The summed E-state index contributed by atoms with van der Waals surface area (Å²) in [5.41, 5.74) is 2.88. The highest BCUT2D eigenvalue weighted by Crippen LogP contribution is 2.29. The minimum absolute atomic E-state index is 0.540. The molecule has 0 spiro atoms. The van der Waals surface area contributed by atoms with Gasteiger partial charge in [0.05, 0.1) is 0 Å². The fraction of sp³-hybridized carbons (Fsp3) is 0.333. The molecule has 0 atom stereocenters. The summed E-state index contributed by atoms with van der Waals surface area (Å²) in [6.45, 7) is 0. The third-order valence-electron chi connectivity index (χ3n) is 3.53. The van der Waals surface area contributed by atoms with E-state index in [4.69, 9.17) is 0 Å². The molecule has 0 aliphatic carbocycles. The van der Waals surface area contributed by atoms with Gasteiger partial charge in [-0.2, -0.15) is 0 Å². The first-order valence-corrected chi connectivity index (χ1v) is 8.20. The topological polar surface area (TPSA) is 0 Å². The Balaban J connectivity index is 2.10. The lowest BCUT2D eigenvalue weighted by molar-refractivity contribution is 0.621. The highest BCUT2D eigenvalue weighted by molar-refractivity contribution is 9.09. The second-order valence-electron chi connectivity index (χ2n) is 4.91. The number of unbranched alkanes of at least 4 members (excludes halogenated alkanes) is 2. The third kappa shape index (κ3) is 4.50. The summed E-state index contributed by atoms with van der Waals surface area (Å²) in [6.07, 6.45) is 5.11. The maximum Gasteiger partial charge on any atom is 0.00893 e. The first-order valence-electron chi connectivity index (χ1n) is 7.07. The largest absolute Gasteiger partial charge is 0.0928 e. The molecular weight excluding hydrogens is 296 g/mol. The van der Waals surface area contributed by atoms with Crippen molar-refractivity contribution >= 4 is 15.9 Å². The maximum atomic E-state index is 3.51. The van der Waals surface area contributed by atoms with Gasteiger partial charge in [0, 0.05) is 11.2 Å². The van der Waals surface area contributed by atoms with Gasteiger partial charge in [0.15, 0.2) is 0 Å². The fourth-order valence-corrected chi connectivity index (χ4v) is 2.91. The van der Waals surface area contributed by atoms with Crippen LogP contribution >= 0.6 is 15.9 Å². The van der Waals surface area contributed by atoms with Crippen molar-refractivity contribution in [2.45, 2.75) is 31.6 Å². The van der Waals surface area contributed by atoms with Gasteiger partial charge in [0.25, 0.3) is 0 Å². The van der Waals surface area contributed by atoms with Crippen LogP contribution in [-0.2, 0) is 0 Å². The lowest BCUT2D eigenvalue weighted by Gasteiger charge is -2.18. The van der Waals surface area contributed by atoms with Crippen LogP contribution in [0.2, 0.25) is 0 Å². The van der Waals surface area contributed by atoms with Crippen LogP contribution in [0.1, 0.15) is 42.7 Å². The highest BCUT2D eigenvalue weighted by atomic mass is 79.9. The molecule has 0 fully saturated rings. The Morgan fingerprint density at radius 2 is 1.21 bits per heavy atom. The first-order chi connectivity index (χ1) is 9.42. The Kier molecular flexibility index (Phi) is 6.16. The van der Waals surface area contributed by atoms with E-state index in [2.05, 4.69) is 76.6 Å². The second kappa shape index (κ2) is 8.16. The summed E-state index contributed by atoms with van der Waals surface area (Å²) in [7, 11) is 0. The maximum absolute atomic E-state index is 3.51. The molecule has 2 aromatic rings. The van der Waals surface area contributed by atoms with E-state index in [0.29, 0.717) is 5.92 Å². The number of hydrogen-bond donors (Lipinski definition) is 0. The lowest BCUT2D eigenvalue weighted by atomic mass is 9.87. The van der Waals surface area contributed by atoms with Crippen molar-refractivity contribution in [3.8, 4) is 0 Å². The minimum atomic E-state index is 0.540. The third-order valence-corrected chi connectivity index (χ3v) is 4.09. The molecule has 0 unspecified atom stereocenters. The Bertz CT molecular complexity index is 410. The first kappa shape index (κ1) is 14.3. The minimum Gasteiger partial charge on any atom is -0.0928 e. The van der Waals surface area contributed by atoms with E-state index in [-0.39, 0.29) is 0 Å². The summed E-state index contributed by atoms with van der Waals surface area (Å²) in [4.78, 5) is 0. The van der Waals surface area contributed by atoms with Crippen LogP contribution in [0.15, 0.2) is 60.7 Å². The number of alkyl halides is 1. The van der Waals surface area contributed by atoms with Crippen molar-refractivity contribution in [1.29, 1.82) is 0 Å². The zero-order valence-corrected chi connectivity index (χ0v) is 12.9. The van der Waals surface area contributed by atoms with Crippen LogP contribution in [-0.4, -0.2) is 5.33 Å². The summed E-state index contributed by atoms with van der Waals surface area (Å²) < 4.78 is 0. The molecular formula is C18H21Br. The number of rotatable bonds is 7. The smallest absolute Gasteiger partial charge is 0.00893 e. The molecule has 0 radical (unpaired) electrons. The van der Waals surface area contributed by atoms with Gasteiger partial charge < -0.3 is 0 Å². The molecule has 0 N–H and O–H groups in total. The van der Waals surface area contributed by atoms with E-state index in [1.54, 1.807) is 0 Å². The Morgan fingerprint density at radius 1 is 0.684 bits per heavy atom. The SMILES string of the molecule is BrCCCCCC(c1ccccc1)c1ccccc1. The lowest BCUT2D eigenvalue weighted by Crippen LogP contribution is -2.01. The molecule has 0 saturated heterocycles. The monoisotopic (exact) mass is 316 g/mol. The van der Waals surface area contributed by atoms with E-state index in [1.807, 2.05) is 0 Å². The molecule has 0 saturated carbocycles. The van der Waals surface area contributed by atoms with Crippen molar-refractivity contribution in [2.75, 3.05) is 5.33 Å². The van der Waals surface area contributed by atoms with Crippen LogP contribution in [0.3, 0.4) is 0 Å². The quantitative estimate of drug-likeness (QED) is 0.449. The molecule has 0 bridgehead atoms. The zero-order chi connectivity index (χ0) is 13.3. The predicted molar refractivity (Wildman–Crippen MR) is 87.0 cm³/mol. The molecule has 1 heteroatoms. The van der Waals surface area contributed by atoms with Crippen molar-refractivity contribution in [3.05, 3.63) is 71.8 Å². The summed E-state index contributed by atoms with van der Waals surface area (Å²) >= 11 is 3.51. The van der Waals surface area contributed by atoms with Crippen molar-refractivity contribution < 1.29 is 0 Å². The zero-order valence-electron chi connectivity index (χ0n) is 11.3. The Hall–Kier alpha value is -1.08. The molecule has 2 aromatic carbocycles. The van der Waals surface area contributed by atoms with Crippen molar-refractivity contribution in [3.63, 3.8) is 0 Å².